The van der Waals surface area contributed by atoms with E-state index in [2.05, 4.69) is 20.8 Å². The average Bonchev–Trinajstić information content (AvgIpc) is 2.09. The Bertz CT molecular complexity index is 300. The summed E-state index contributed by atoms with van der Waals surface area (Å²) in [5.74, 6) is -0.0857. The van der Waals surface area contributed by atoms with Crippen LogP contribution in [0.4, 0.5) is 4.39 Å². The summed E-state index contributed by atoms with van der Waals surface area (Å²) in [4.78, 5) is 0. The molecule has 0 aromatic heterocycles. The molecule has 0 unspecified atom stereocenters. The molecule has 0 aliphatic heterocycles. The Morgan fingerprint density at radius 1 is 1.31 bits per heavy atom. The molecule has 0 N–H and O–H groups in total. The van der Waals surface area contributed by atoms with Crippen LogP contribution in [0.15, 0.2) is 18.2 Å². The number of hydrogen-bond donors (Lipinski definition) is 0. The maximum absolute atomic E-state index is 13.5. The summed E-state index contributed by atoms with van der Waals surface area (Å²) in [5, 5.41) is 0. The van der Waals surface area contributed by atoms with E-state index >= 15 is 0 Å². The molecule has 0 radical (unpaired) electrons. The van der Waals surface area contributed by atoms with Crippen molar-refractivity contribution in [2.24, 2.45) is 0 Å². The Kier molecular flexibility index (Phi) is 2.74. The second-order valence-electron chi connectivity index (χ2n) is 4.22. The summed E-state index contributed by atoms with van der Waals surface area (Å²) in [6.45, 7) is 8.23. The highest BCUT2D eigenvalue weighted by Crippen LogP contribution is 2.29. The zero-order valence-electron chi connectivity index (χ0n) is 8.82. The quantitative estimate of drug-likeness (QED) is 0.649. The third-order valence-electron chi connectivity index (χ3n) is 2.73. The van der Waals surface area contributed by atoms with Gasteiger partial charge >= 0.3 is 0 Å². The van der Waals surface area contributed by atoms with E-state index in [0.29, 0.717) is 0 Å². The third kappa shape index (κ3) is 2.09. The van der Waals surface area contributed by atoms with Gasteiger partial charge in [-0.1, -0.05) is 38.5 Å². The Labute approximate surface area is 79.8 Å². The number of aryl methyl sites for hydroxylation is 1. The van der Waals surface area contributed by atoms with Crippen molar-refractivity contribution in [2.45, 2.75) is 39.5 Å². The molecule has 0 fully saturated rings. The van der Waals surface area contributed by atoms with Gasteiger partial charge in [0.25, 0.3) is 0 Å². The van der Waals surface area contributed by atoms with Crippen molar-refractivity contribution < 1.29 is 4.39 Å². The molecule has 1 aromatic rings. The molecule has 72 valence electrons. The van der Waals surface area contributed by atoms with Crippen LogP contribution in [0.1, 0.15) is 38.3 Å². The molecule has 1 rings (SSSR count). The Hall–Kier alpha value is -0.850. The highest BCUT2D eigenvalue weighted by Gasteiger charge is 2.21. The van der Waals surface area contributed by atoms with Gasteiger partial charge in [0, 0.05) is 0 Å². The van der Waals surface area contributed by atoms with Gasteiger partial charge in [-0.3, -0.25) is 0 Å². The van der Waals surface area contributed by atoms with Crippen LogP contribution in [0.3, 0.4) is 0 Å². The minimum atomic E-state index is -0.0857. The molecule has 0 amide bonds. The molecule has 0 bridgehead atoms. The Morgan fingerprint density at radius 3 is 2.46 bits per heavy atom. The van der Waals surface area contributed by atoms with Crippen molar-refractivity contribution in [3.63, 3.8) is 0 Å². The summed E-state index contributed by atoms with van der Waals surface area (Å²) < 4.78 is 13.5. The van der Waals surface area contributed by atoms with Crippen LogP contribution in [-0.2, 0) is 5.41 Å². The molecule has 0 aliphatic rings. The lowest BCUT2D eigenvalue weighted by Gasteiger charge is -2.24. The molecule has 1 heteroatoms. The van der Waals surface area contributed by atoms with E-state index in [1.807, 2.05) is 19.1 Å². The summed E-state index contributed by atoms with van der Waals surface area (Å²) in [5.41, 5.74) is 1.89. The fourth-order valence-corrected chi connectivity index (χ4v) is 1.35. The molecule has 13 heavy (non-hydrogen) atoms. The van der Waals surface area contributed by atoms with E-state index in [9.17, 15) is 4.39 Å². The van der Waals surface area contributed by atoms with E-state index in [0.717, 1.165) is 17.5 Å². The highest BCUT2D eigenvalue weighted by molar-refractivity contribution is 5.29. The molecule has 0 saturated carbocycles. The summed E-state index contributed by atoms with van der Waals surface area (Å²) >= 11 is 0. The standard InChI is InChI=1S/C12H17F/c1-5-12(3,4)10-8-9(2)6-7-11(10)13/h6-8H,5H2,1-4H3. The molecule has 1 aromatic carbocycles. The van der Waals surface area contributed by atoms with Gasteiger partial charge < -0.3 is 0 Å². The molecule has 0 heterocycles. The van der Waals surface area contributed by atoms with Gasteiger partial charge in [0.1, 0.15) is 5.82 Å². The lowest BCUT2D eigenvalue weighted by Crippen LogP contribution is -2.17. The summed E-state index contributed by atoms with van der Waals surface area (Å²) in [6.07, 6.45) is 0.952. The Morgan fingerprint density at radius 2 is 1.92 bits per heavy atom. The highest BCUT2D eigenvalue weighted by atomic mass is 19.1. The molecule has 0 saturated heterocycles. The first kappa shape index (κ1) is 10.2. The normalized spacial score (nSPS) is 11.8. The van der Waals surface area contributed by atoms with E-state index in [1.54, 1.807) is 6.07 Å². The molecule has 0 spiro atoms. The van der Waals surface area contributed by atoms with Crippen LogP contribution < -0.4 is 0 Å². The van der Waals surface area contributed by atoms with Gasteiger partial charge in [-0.2, -0.15) is 0 Å². The number of halogens is 1. The molecule has 0 nitrogen and oxygen atoms in total. The first-order valence-electron chi connectivity index (χ1n) is 4.74. The fraction of sp³-hybridized carbons (Fsp3) is 0.500. The maximum Gasteiger partial charge on any atom is 0.126 e. The van der Waals surface area contributed by atoms with Crippen LogP contribution in [-0.4, -0.2) is 0 Å². The zero-order chi connectivity index (χ0) is 10.1. The first-order chi connectivity index (χ1) is 5.97. The summed E-state index contributed by atoms with van der Waals surface area (Å²) in [6, 6.07) is 5.31. The monoisotopic (exact) mass is 180 g/mol. The van der Waals surface area contributed by atoms with Crippen LogP contribution in [0.5, 0.6) is 0 Å². The number of benzene rings is 1. The van der Waals surface area contributed by atoms with Gasteiger partial charge in [0.15, 0.2) is 0 Å². The second kappa shape index (κ2) is 3.49. The SMILES string of the molecule is CCC(C)(C)c1cc(C)ccc1F. The zero-order valence-corrected chi connectivity index (χ0v) is 8.82. The predicted molar refractivity (Wildman–Crippen MR) is 54.5 cm³/mol. The molecular formula is C12H17F. The van der Waals surface area contributed by atoms with E-state index in [4.69, 9.17) is 0 Å². The van der Waals surface area contributed by atoms with Crippen LogP contribution in [0.25, 0.3) is 0 Å². The molecule has 0 aliphatic carbocycles. The van der Waals surface area contributed by atoms with Crippen molar-refractivity contribution in [1.29, 1.82) is 0 Å². The van der Waals surface area contributed by atoms with Gasteiger partial charge in [0.05, 0.1) is 0 Å². The van der Waals surface area contributed by atoms with Crippen molar-refractivity contribution in [3.8, 4) is 0 Å². The van der Waals surface area contributed by atoms with Crippen LogP contribution in [0.2, 0.25) is 0 Å². The maximum atomic E-state index is 13.5. The van der Waals surface area contributed by atoms with Crippen molar-refractivity contribution in [2.75, 3.05) is 0 Å². The fourth-order valence-electron chi connectivity index (χ4n) is 1.35. The smallest absolute Gasteiger partial charge is 0.126 e. The van der Waals surface area contributed by atoms with Crippen LogP contribution in [0, 0.1) is 12.7 Å². The topological polar surface area (TPSA) is 0 Å². The van der Waals surface area contributed by atoms with Gasteiger partial charge in [-0.05, 0) is 30.4 Å². The first-order valence-corrected chi connectivity index (χ1v) is 4.74. The number of hydrogen-bond acceptors (Lipinski definition) is 0. The number of rotatable bonds is 2. The predicted octanol–water partition coefficient (Wildman–Crippen LogP) is 3.82. The second-order valence-corrected chi connectivity index (χ2v) is 4.22. The minimum Gasteiger partial charge on any atom is -0.207 e. The lowest BCUT2D eigenvalue weighted by molar-refractivity contribution is 0.469. The summed E-state index contributed by atoms with van der Waals surface area (Å²) in [7, 11) is 0. The van der Waals surface area contributed by atoms with E-state index < -0.39 is 0 Å². The molecular weight excluding hydrogens is 163 g/mol. The van der Waals surface area contributed by atoms with Gasteiger partial charge in [-0.25, -0.2) is 4.39 Å². The van der Waals surface area contributed by atoms with E-state index in [1.165, 1.54) is 0 Å². The van der Waals surface area contributed by atoms with Crippen molar-refractivity contribution in [3.05, 3.63) is 35.1 Å². The van der Waals surface area contributed by atoms with Gasteiger partial charge in [-0.15, -0.1) is 0 Å². The molecule has 0 atom stereocenters. The van der Waals surface area contributed by atoms with Crippen molar-refractivity contribution >= 4 is 0 Å². The van der Waals surface area contributed by atoms with Crippen molar-refractivity contribution in [1.82, 2.24) is 0 Å². The minimum absolute atomic E-state index is 0.0594. The Balaban J connectivity index is 3.20. The van der Waals surface area contributed by atoms with Gasteiger partial charge in [0.2, 0.25) is 0 Å². The van der Waals surface area contributed by atoms with E-state index in [-0.39, 0.29) is 11.2 Å². The van der Waals surface area contributed by atoms with Crippen LogP contribution >= 0.6 is 0 Å². The largest absolute Gasteiger partial charge is 0.207 e. The third-order valence-corrected chi connectivity index (χ3v) is 2.73. The average molecular weight is 180 g/mol. The lowest BCUT2D eigenvalue weighted by atomic mass is 9.81.